The number of benzene rings is 1. The highest BCUT2D eigenvalue weighted by atomic mass is 19.4. The molecule has 0 saturated heterocycles. The van der Waals surface area contributed by atoms with Crippen molar-refractivity contribution in [3.63, 3.8) is 0 Å². The van der Waals surface area contributed by atoms with Gasteiger partial charge in [0.1, 0.15) is 0 Å². The Morgan fingerprint density at radius 2 is 1.81 bits per heavy atom. The topological polar surface area (TPSA) is 99.3 Å². The van der Waals surface area contributed by atoms with Gasteiger partial charge in [0.15, 0.2) is 5.69 Å². The Labute approximate surface area is 145 Å². The van der Waals surface area contributed by atoms with E-state index in [0.717, 1.165) is 7.05 Å². The number of alkyl halides is 6. The monoisotopic (exact) mass is 398 g/mol. The summed E-state index contributed by atoms with van der Waals surface area (Å²) in [6.45, 7) is 0. The fourth-order valence-corrected chi connectivity index (χ4v) is 1.91. The van der Waals surface area contributed by atoms with Crippen LogP contribution in [0.3, 0.4) is 0 Å². The smallest absolute Gasteiger partial charge is 0.430 e. The third kappa shape index (κ3) is 4.27. The average Bonchev–Trinajstić information content (AvgIpc) is 2.97. The van der Waals surface area contributed by atoms with E-state index in [1.807, 2.05) is 5.32 Å². The average molecular weight is 398 g/mol. The van der Waals surface area contributed by atoms with Crippen LogP contribution in [0.25, 0.3) is 0 Å². The lowest BCUT2D eigenvalue weighted by atomic mass is 10.2. The summed E-state index contributed by atoms with van der Waals surface area (Å²) in [4.78, 5) is 21.2. The van der Waals surface area contributed by atoms with Crippen molar-refractivity contribution in [3.8, 4) is 11.6 Å². The standard InChI is InChI=1S/C13H8F6N4O4/c1-20-11(24)22-9(13(17,18)19)5-10(21-22)27-8-3-2-6(12(14,15)16)4-7(8)23(25)26/h2-5H,1H3,(H,20,24). The summed E-state index contributed by atoms with van der Waals surface area (Å²) in [6.07, 6.45) is -9.90. The van der Waals surface area contributed by atoms with E-state index < -0.39 is 51.9 Å². The van der Waals surface area contributed by atoms with Crippen LogP contribution in [0.1, 0.15) is 11.3 Å². The molecule has 2 rings (SSSR count). The fourth-order valence-electron chi connectivity index (χ4n) is 1.91. The van der Waals surface area contributed by atoms with Crippen molar-refractivity contribution in [1.29, 1.82) is 0 Å². The molecule has 14 heteroatoms. The first kappa shape index (κ1) is 20.0. The number of ether oxygens (including phenoxy) is 1. The number of nitrogens with one attached hydrogen (secondary N) is 1. The van der Waals surface area contributed by atoms with Crippen molar-refractivity contribution in [3.05, 3.63) is 45.6 Å². The van der Waals surface area contributed by atoms with Gasteiger partial charge in [0.05, 0.1) is 10.5 Å². The highest BCUT2D eigenvalue weighted by Crippen LogP contribution is 2.38. The third-order valence-electron chi connectivity index (χ3n) is 3.08. The number of amides is 1. The van der Waals surface area contributed by atoms with Gasteiger partial charge in [0, 0.05) is 19.2 Å². The Morgan fingerprint density at radius 3 is 2.30 bits per heavy atom. The van der Waals surface area contributed by atoms with Gasteiger partial charge in [-0.3, -0.25) is 10.1 Å². The van der Waals surface area contributed by atoms with Crippen LogP contribution in [-0.4, -0.2) is 27.8 Å². The van der Waals surface area contributed by atoms with Crippen LogP contribution < -0.4 is 10.1 Å². The number of nitro benzene ring substituents is 1. The Kier molecular flexibility index (Phi) is 5.01. The molecule has 0 unspecified atom stereocenters. The second kappa shape index (κ2) is 6.77. The van der Waals surface area contributed by atoms with Crippen molar-refractivity contribution in [1.82, 2.24) is 15.1 Å². The maximum absolute atomic E-state index is 13.0. The molecule has 0 atom stereocenters. The SMILES string of the molecule is CNC(=O)n1nc(Oc2ccc(C(F)(F)F)cc2[N+](=O)[O-])cc1C(F)(F)F. The molecule has 0 fully saturated rings. The zero-order chi connectivity index (χ0) is 20.6. The minimum atomic E-state index is -5.02. The lowest BCUT2D eigenvalue weighted by Crippen LogP contribution is -2.29. The van der Waals surface area contributed by atoms with E-state index in [1.54, 1.807) is 0 Å². The number of carbonyl (C=O) groups is 1. The number of nitro groups is 1. The molecule has 0 aliphatic rings. The maximum atomic E-state index is 13.0. The highest BCUT2D eigenvalue weighted by molar-refractivity contribution is 5.76. The van der Waals surface area contributed by atoms with E-state index in [2.05, 4.69) is 5.10 Å². The van der Waals surface area contributed by atoms with Gasteiger partial charge in [-0.15, -0.1) is 5.10 Å². The summed E-state index contributed by atoms with van der Waals surface area (Å²) in [5.41, 5.74) is -4.05. The lowest BCUT2D eigenvalue weighted by molar-refractivity contribution is -0.385. The molecule has 1 aromatic heterocycles. The van der Waals surface area contributed by atoms with E-state index in [1.165, 1.54) is 0 Å². The molecule has 146 valence electrons. The predicted molar refractivity (Wildman–Crippen MR) is 75.3 cm³/mol. The Hall–Kier alpha value is -3.32. The molecule has 0 bridgehead atoms. The number of aromatic nitrogens is 2. The van der Waals surface area contributed by atoms with E-state index >= 15 is 0 Å². The fraction of sp³-hybridized carbons (Fsp3) is 0.231. The van der Waals surface area contributed by atoms with Gasteiger partial charge in [-0.1, -0.05) is 0 Å². The normalized spacial score (nSPS) is 12.0. The largest absolute Gasteiger partial charge is 0.433 e. The Morgan fingerprint density at radius 1 is 1.19 bits per heavy atom. The lowest BCUT2D eigenvalue weighted by Gasteiger charge is -2.08. The van der Waals surface area contributed by atoms with E-state index in [9.17, 15) is 41.3 Å². The minimum absolute atomic E-state index is 0.0920. The van der Waals surface area contributed by atoms with Crippen molar-refractivity contribution in [2.24, 2.45) is 0 Å². The van der Waals surface area contributed by atoms with Gasteiger partial charge in [0.2, 0.25) is 11.6 Å². The quantitative estimate of drug-likeness (QED) is 0.482. The second-order valence-electron chi connectivity index (χ2n) is 4.87. The number of hydrogen-bond donors (Lipinski definition) is 1. The van der Waals surface area contributed by atoms with Crippen LogP contribution in [0, 0.1) is 10.1 Å². The van der Waals surface area contributed by atoms with Crippen LogP contribution in [0.2, 0.25) is 0 Å². The molecular weight excluding hydrogens is 390 g/mol. The summed E-state index contributed by atoms with van der Waals surface area (Å²) in [6, 6.07) is 0.168. The summed E-state index contributed by atoms with van der Waals surface area (Å²) >= 11 is 0. The van der Waals surface area contributed by atoms with Crippen molar-refractivity contribution in [2.45, 2.75) is 12.4 Å². The molecule has 1 heterocycles. The first-order valence-electron chi connectivity index (χ1n) is 6.77. The summed E-state index contributed by atoms with van der Waals surface area (Å²) in [5, 5.41) is 16.1. The molecule has 2 aromatic rings. The Balaban J connectivity index is 2.49. The van der Waals surface area contributed by atoms with Crippen molar-refractivity contribution in [2.75, 3.05) is 7.05 Å². The number of hydrogen-bond acceptors (Lipinski definition) is 5. The number of halogens is 6. The highest BCUT2D eigenvalue weighted by Gasteiger charge is 2.38. The van der Waals surface area contributed by atoms with Gasteiger partial charge in [-0.25, -0.2) is 4.79 Å². The summed E-state index contributed by atoms with van der Waals surface area (Å²) < 4.78 is 81.6. The van der Waals surface area contributed by atoms with Gasteiger partial charge in [-0.05, 0) is 12.1 Å². The molecule has 1 amide bonds. The van der Waals surface area contributed by atoms with Crippen LogP contribution in [0.4, 0.5) is 36.8 Å². The molecule has 27 heavy (non-hydrogen) atoms. The van der Waals surface area contributed by atoms with Crippen LogP contribution in [0.5, 0.6) is 11.6 Å². The third-order valence-corrected chi connectivity index (χ3v) is 3.08. The van der Waals surface area contributed by atoms with Crippen LogP contribution in [-0.2, 0) is 12.4 Å². The number of nitrogens with zero attached hydrogens (tertiary/aromatic N) is 3. The minimum Gasteiger partial charge on any atom is -0.430 e. The van der Waals surface area contributed by atoms with Gasteiger partial charge in [0.25, 0.3) is 0 Å². The van der Waals surface area contributed by atoms with Crippen molar-refractivity contribution >= 4 is 11.7 Å². The molecule has 0 radical (unpaired) electrons. The molecule has 1 N–H and O–H groups in total. The van der Waals surface area contributed by atoms with E-state index in [0.29, 0.717) is 12.1 Å². The zero-order valence-corrected chi connectivity index (χ0v) is 13.1. The molecule has 1 aromatic carbocycles. The van der Waals surface area contributed by atoms with Crippen molar-refractivity contribution < 1.29 is 40.8 Å². The molecule has 0 saturated carbocycles. The first-order valence-corrected chi connectivity index (χ1v) is 6.77. The molecule has 0 aliphatic carbocycles. The van der Waals surface area contributed by atoms with E-state index in [4.69, 9.17) is 4.74 Å². The van der Waals surface area contributed by atoms with Crippen LogP contribution >= 0.6 is 0 Å². The predicted octanol–water partition coefficient (Wildman–Crippen LogP) is 3.81. The van der Waals surface area contributed by atoms with Crippen LogP contribution in [0.15, 0.2) is 24.3 Å². The molecule has 0 spiro atoms. The zero-order valence-electron chi connectivity index (χ0n) is 13.1. The number of rotatable bonds is 3. The van der Waals surface area contributed by atoms with Gasteiger partial charge >= 0.3 is 24.1 Å². The number of carbonyl (C=O) groups excluding carboxylic acids is 1. The van der Waals surface area contributed by atoms with Gasteiger partial charge in [-0.2, -0.15) is 31.0 Å². The first-order chi connectivity index (χ1) is 12.3. The van der Waals surface area contributed by atoms with Gasteiger partial charge < -0.3 is 10.1 Å². The maximum Gasteiger partial charge on any atom is 0.433 e. The second-order valence-corrected chi connectivity index (χ2v) is 4.87. The molecule has 0 aliphatic heterocycles. The molecule has 8 nitrogen and oxygen atoms in total. The Bertz CT molecular complexity index is 890. The summed E-state index contributed by atoms with van der Waals surface area (Å²) in [5.74, 6) is -1.67. The summed E-state index contributed by atoms with van der Waals surface area (Å²) in [7, 11) is 1.03. The molecular formula is C13H8F6N4O4. The van der Waals surface area contributed by atoms with E-state index in [-0.39, 0.29) is 16.8 Å².